The van der Waals surface area contributed by atoms with Gasteiger partial charge in [-0.25, -0.2) is 8.42 Å². The zero-order chi connectivity index (χ0) is 15.5. The maximum Gasteiger partial charge on any atom is 0.246 e. The minimum Gasteiger partial charge on any atom is -0.464 e. The third-order valence-corrected chi connectivity index (χ3v) is 5.64. The maximum absolute atomic E-state index is 12.7. The highest BCUT2D eigenvalue weighted by molar-refractivity contribution is 7.89. The molecule has 0 unspecified atom stereocenters. The van der Waals surface area contributed by atoms with Crippen LogP contribution in [0.5, 0.6) is 0 Å². The number of hydrogen-bond donors (Lipinski definition) is 1. The molecule has 2 rings (SSSR count). The van der Waals surface area contributed by atoms with E-state index in [1.807, 2.05) is 13.8 Å². The molecule has 21 heavy (non-hydrogen) atoms. The highest BCUT2D eigenvalue weighted by atomic mass is 32.2. The molecule has 0 spiro atoms. The third-order valence-electron chi connectivity index (χ3n) is 3.63. The van der Waals surface area contributed by atoms with Crippen molar-refractivity contribution in [1.82, 2.24) is 9.62 Å². The average molecular weight is 314 g/mol. The number of furan rings is 1. The van der Waals surface area contributed by atoms with Crippen molar-refractivity contribution in [2.75, 3.05) is 13.1 Å². The van der Waals surface area contributed by atoms with E-state index in [2.05, 4.69) is 5.32 Å². The van der Waals surface area contributed by atoms with Gasteiger partial charge in [-0.15, -0.1) is 0 Å². The zero-order valence-electron chi connectivity index (χ0n) is 13.2. The lowest BCUT2D eigenvalue weighted by molar-refractivity contribution is 0.407. The summed E-state index contributed by atoms with van der Waals surface area (Å²) in [4.78, 5) is 0.317. The smallest absolute Gasteiger partial charge is 0.246 e. The normalized spacial score (nSPS) is 15.8. The van der Waals surface area contributed by atoms with Gasteiger partial charge in [-0.2, -0.15) is 4.31 Å². The first-order valence-corrected chi connectivity index (χ1v) is 9.25. The van der Waals surface area contributed by atoms with Crippen LogP contribution in [0, 0.1) is 6.92 Å². The molecular formula is C15H26N2O3S. The van der Waals surface area contributed by atoms with Crippen LogP contribution in [0.15, 0.2) is 15.4 Å². The van der Waals surface area contributed by atoms with Crippen molar-refractivity contribution < 1.29 is 12.8 Å². The molecule has 1 heterocycles. The van der Waals surface area contributed by atoms with Crippen LogP contribution < -0.4 is 5.32 Å². The SMILES string of the molecule is CCCN(CCC)S(=O)(=O)c1cc(CNC2CC2)oc1C. The summed E-state index contributed by atoms with van der Waals surface area (Å²) in [5, 5.41) is 3.34. The van der Waals surface area contributed by atoms with Crippen LogP contribution in [-0.4, -0.2) is 31.9 Å². The fraction of sp³-hybridized carbons (Fsp3) is 0.733. The van der Waals surface area contributed by atoms with Gasteiger partial charge in [-0.1, -0.05) is 13.8 Å². The Morgan fingerprint density at radius 1 is 1.29 bits per heavy atom. The van der Waals surface area contributed by atoms with E-state index in [0.717, 1.165) is 12.8 Å². The highest BCUT2D eigenvalue weighted by Gasteiger charge is 2.28. The van der Waals surface area contributed by atoms with Crippen LogP contribution in [0.25, 0.3) is 0 Å². The number of sulfonamides is 1. The lowest BCUT2D eigenvalue weighted by Gasteiger charge is -2.20. The van der Waals surface area contributed by atoms with Crippen LogP contribution in [0.4, 0.5) is 0 Å². The van der Waals surface area contributed by atoms with Gasteiger partial charge in [0.1, 0.15) is 16.4 Å². The van der Waals surface area contributed by atoms with Crippen molar-refractivity contribution in [3.63, 3.8) is 0 Å². The Labute approximate surface area is 127 Å². The molecule has 0 aliphatic heterocycles. The van der Waals surface area contributed by atoms with Crippen LogP contribution >= 0.6 is 0 Å². The molecule has 0 amide bonds. The second kappa shape index (κ2) is 6.94. The number of rotatable bonds is 9. The fourth-order valence-corrected chi connectivity index (χ4v) is 4.20. The molecule has 1 N–H and O–H groups in total. The van der Waals surface area contributed by atoms with Crippen molar-refractivity contribution in [1.29, 1.82) is 0 Å². The summed E-state index contributed by atoms with van der Waals surface area (Å²) in [7, 11) is -3.45. The molecule has 1 saturated carbocycles. The van der Waals surface area contributed by atoms with E-state index in [0.29, 0.717) is 42.1 Å². The van der Waals surface area contributed by atoms with Gasteiger partial charge in [0.15, 0.2) is 0 Å². The monoisotopic (exact) mass is 314 g/mol. The van der Waals surface area contributed by atoms with Crippen LogP contribution in [0.1, 0.15) is 51.1 Å². The summed E-state index contributed by atoms with van der Waals surface area (Å²) >= 11 is 0. The van der Waals surface area contributed by atoms with Crippen molar-refractivity contribution in [2.24, 2.45) is 0 Å². The summed E-state index contributed by atoms with van der Waals surface area (Å²) in [5.41, 5.74) is 0. The first kappa shape index (κ1) is 16.5. The largest absolute Gasteiger partial charge is 0.464 e. The second-order valence-corrected chi connectivity index (χ2v) is 7.60. The fourth-order valence-electron chi connectivity index (χ4n) is 2.39. The standard InChI is InChI=1S/C15H26N2O3S/c1-4-8-17(9-5-2)21(18,19)15-10-14(20-12(15)3)11-16-13-6-7-13/h10,13,16H,4-9,11H2,1-3H3. The first-order chi connectivity index (χ1) is 9.98. The van der Waals surface area contributed by atoms with Gasteiger partial charge in [0.2, 0.25) is 10.0 Å². The lowest BCUT2D eigenvalue weighted by Crippen LogP contribution is -2.32. The quantitative estimate of drug-likeness (QED) is 0.761. The number of aryl methyl sites for hydroxylation is 1. The van der Waals surface area contributed by atoms with Crippen LogP contribution in [0.3, 0.4) is 0 Å². The summed E-state index contributed by atoms with van der Waals surface area (Å²) in [5.74, 6) is 1.19. The average Bonchev–Trinajstić information content (AvgIpc) is 3.18. The Balaban J connectivity index is 2.16. The number of nitrogens with zero attached hydrogens (tertiary/aromatic N) is 1. The Bertz CT molecular complexity index is 555. The minimum atomic E-state index is -3.45. The van der Waals surface area contributed by atoms with E-state index < -0.39 is 10.0 Å². The Morgan fingerprint density at radius 3 is 2.43 bits per heavy atom. The molecule has 1 aliphatic carbocycles. The number of hydrogen-bond acceptors (Lipinski definition) is 4. The van der Waals surface area contributed by atoms with Gasteiger partial charge in [0, 0.05) is 25.2 Å². The van der Waals surface area contributed by atoms with Gasteiger partial charge >= 0.3 is 0 Å². The maximum atomic E-state index is 12.7. The van der Waals surface area contributed by atoms with Gasteiger partial charge < -0.3 is 9.73 Å². The minimum absolute atomic E-state index is 0.317. The van der Waals surface area contributed by atoms with Crippen LogP contribution in [0.2, 0.25) is 0 Å². The molecule has 6 heteroatoms. The predicted octanol–water partition coefficient (Wildman–Crippen LogP) is 2.65. The van der Waals surface area contributed by atoms with Crippen molar-refractivity contribution in [2.45, 2.75) is 63.9 Å². The molecule has 120 valence electrons. The topological polar surface area (TPSA) is 62.6 Å². The van der Waals surface area contributed by atoms with Gasteiger partial charge in [-0.05, 0) is 32.6 Å². The molecular weight excluding hydrogens is 288 g/mol. The summed E-state index contributed by atoms with van der Waals surface area (Å²) in [6.45, 7) is 7.41. The molecule has 5 nitrogen and oxygen atoms in total. The Kier molecular flexibility index (Phi) is 5.46. The van der Waals surface area contributed by atoms with Gasteiger partial charge in [-0.3, -0.25) is 0 Å². The molecule has 0 radical (unpaired) electrons. The van der Waals surface area contributed by atoms with Crippen LogP contribution in [-0.2, 0) is 16.6 Å². The Hall–Kier alpha value is -0.850. The van der Waals surface area contributed by atoms with Gasteiger partial charge in [0.05, 0.1) is 6.54 Å². The molecule has 0 atom stereocenters. The molecule has 1 aromatic heterocycles. The van der Waals surface area contributed by atoms with Gasteiger partial charge in [0.25, 0.3) is 0 Å². The molecule has 0 aromatic carbocycles. The van der Waals surface area contributed by atoms with E-state index in [-0.39, 0.29) is 0 Å². The third kappa shape index (κ3) is 4.08. The predicted molar refractivity (Wildman–Crippen MR) is 82.6 cm³/mol. The van der Waals surface area contributed by atoms with E-state index in [4.69, 9.17) is 4.42 Å². The van der Waals surface area contributed by atoms with Crippen molar-refractivity contribution >= 4 is 10.0 Å². The van der Waals surface area contributed by atoms with E-state index in [1.54, 1.807) is 17.3 Å². The highest BCUT2D eigenvalue weighted by Crippen LogP contribution is 2.25. The van der Waals surface area contributed by atoms with Crippen molar-refractivity contribution in [3.8, 4) is 0 Å². The summed E-state index contributed by atoms with van der Waals surface area (Å²) in [6.07, 6.45) is 4.02. The Morgan fingerprint density at radius 2 is 1.90 bits per heavy atom. The molecule has 0 saturated heterocycles. The number of nitrogens with one attached hydrogen (secondary N) is 1. The molecule has 1 fully saturated rings. The van der Waals surface area contributed by atoms with Crippen molar-refractivity contribution in [3.05, 3.63) is 17.6 Å². The molecule has 0 bridgehead atoms. The van der Waals surface area contributed by atoms with E-state index >= 15 is 0 Å². The first-order valence-electron chi connectivity index (χ1n) is 7.81. The summed E-state index contributed by atoms with van der Waals surface area (Å²) < 4.78 is 32.7. The molecule has 1 aromatic rings. The molecule has 1 aliphatic rings. The van der Waals surface area contributed by atoms with E-state index in [9.17, 15) is 8.42 Å². The second-order valence-electron chi connectivity index (χ2n) is 5.69. The summed E-state index contributed by atoms with van der Waals surface area (Å²) in [6, 6.07) is 2.25. The lowest BCUT2D eigenvalue weighted by atomic mass is 10.4. The zero-order valence-corrected chi connectivity index (χ0v) is 14.0. The van der Waals surface area contributed by atoms with E-state index in [1.165, 1.54) is 12.8 Å².